The molecule has 1 aromatic rings. The molecule has 1 atom stereocenters. The Morgan fingerprint density at radius 3 is 2.35 bits per heavy atom. The van der Waals surface area contributed by atoms with Crippen LogP contribution in [0.15, 0.2) is 30.3 Å². The standard InChI is InChI=1S/C19H28N2O4S/c1-14(22)26-12-11-21(5)18(24)20-16(17(23)25-19(2,3)4)13-15-9-7-6-8-10-15/h6-10,16H,11-13H2,1-5H3,(H,20,24). The molecule has 1 rings (SSSR count). The van der Waals surface area contributed by atoms with Crippen molar-refractivity contribution in [1.82, 2.24) is 10.2 Å². The number of nitrogens with zero attached hydrogens (tertiary/aromatic N) is 1. The second kappa shape index (κ2) is 10.2. The lowest BCUT2D eigenvalue weighted by molar-refractivity contribution is -0.157. The molecule has 2 amide bonds. The van der Waals surface area contributed by atoms with Crippen molar-refractivity contribution < 1.29 is 19.1 Å². The summed E-state index contributed by atoms with van der Waals surface area (Å²) in [6.45, 7) is 7.26. The molecule has 0 fully saturated rings. The van der Waals surface area contributed by atoms with Gasteiger partial charge in [-0.1, -0.05) is 42.1 Å². The van der Waals surface area contributed by atoms with Crippen molar-refractivity contribution >= 4 is 28.9 Å². The van der Waals surface area contributed by atoms with E-state index in [0.29, 0.717) is 18.7 Å². The summed E-state index contributed by atoms with van der Waals surface area (Å²) in [6, 6.07) is 8.30. The number of esters is 1. The van der Waals surface area contributed by atoms with E-state index in [2.05, 4.69) is 5.32 Å². The number of thioether (sulfide) groups is 1. The van der Waals surface area contributed by atoms with E-state index in [0.717, 1.165) is 17.3 Å². The Morgan fingerprint density at radius 2 is 1.81 bits per heavy atom. The molecule has 1 unspecified atom stereocenters. The average Bonchev–Trinajstić information content (AvgIpc) is 2.53. The number of carbonyl (C=O) groups is 3. The van der Waals surface area contributed by atoms with Gasteiger partial charge in [-0.05, 0) is 26.3 Å². The van der Waals surface area contributed by atoms with Crippen LogP contribution in [0.4, 0.5) is 4.79 Å². The van der Waals surface area contributed by atoms with E-state index in [-0.39, 0.29) is 11.1 Å². The molecular weight excluding hydrogens is 352 g/mol. The maximum absolute atomic E-state index is 12.5. The number of nitrogens with one attached hydrogen (secondary N) is 1. The van der Waals surface area contributed by atoms with Crippen LogP contribution in [0.1, 0.15) is 33.3 Å². The van der Waals surface area contributed by atoms with Crippen molar-refractivity contribution in [3.8, 4) is 0 Å². The van der Waals surface area contributed by atoms with E-state index < -0.39 is 17.6 Å². The maximum Gasteiger partial charge on any atom is 0.329 e. The fourth-order valence-corrected chi connectivity index (χ4v) is 2.76. The number of benzene rings is 1. The van der Waals surface area contributed by atoms with Crippen LogP contribution >= 0.6 is 11.8 Å². The molecule has 1 N–H and O–H groups in total. The molecule has 0 aliphatic rings. The first-order valence-electron chi connectivity index (χ1n) is 8.50. The number of hydrogen-bond acceptors (Lipinski definition) is 5. The number of urea groups is 1. The number of amides is 2. The highest BCUT2D eigenvalue weighted by atomic mass is 32.2. The molecule has 0 radical (unpaired) electrons. The summed E-state index contributed by atoms with van der Waals surface area (Å²) < 4.78 is 5.44. The molecule has 7 heteroatoms. The minimum atomic E-state index is -0.785. The zero-order chi connectivity index (χ0) is 19.7. The molecule has 0 spiro atoms. The fraction of sp³-hybridized carbons (Fsp3) is 0.526. The molecule has 0 aliphatic heterocycles. The van der Waals surface area contributed by atoms with E-state index in [1.54, 1.807) is 27.8 Å². The smallest absolute Gasteiger partial charge is 0.329 e. The lowest BCUT2D eigenvalue weighted by Crippen LogP contribution is -2.50. The van der Waals surface area contributed by atoms with Crippen LogP contribution in [-0.2, 0) is 20.7 Å². The monoisotopic (exact) mass is 380 g/mol. The summed E-state index contributed by atoms with van der Waals surface area (Å²) in [5.41, 5.74) is 0.291. The van der Waals surface area contributed by atoms with E-state index in [1.807, 2.05) is 30.3 Å². The van der Waals surface area contributed by atoms with Gasteiger partial charge in [-0.25, -0.2) is 9.59 Å². The quantitative estimate of drug-likeness (QED) is 0.736. The third-order valence-electron chi connectivity index (χ3n) is 3.35. The zero-order valence-electron chi connectivity index (χ0n) is 16.1. The Kier molecular flexibility index (Phi) is 8.65. The van der Waals surface area contributed by atoms with E-state index in [4.69, 9.17) is 4.74 Å². The van der Waals surface area contributed by atoms with Crippen LogP contribution in [0.3, 0.4) is 0 Å². The van der Waals surface area contributed by atoms with Gasteiger partial charge in [0, 0.05) is 32.7 Å². The van der Waals surface area contributed by atoms with Gasteiger partial charge in [0.2, 0.25) is 0 Å². The summed E-state index contributed by atoms with van der Waals surface area (Å²) in [6.07, 6.45) is 0.345. The van der Waals surface area contributed by atoms with Crippen LogP contribution in [0, 0.1) is 0 Å². The molecular formula is C19H28N2O4S. The van der Waals surface area contributed by atoms with Crippen LogP contribution < -0.4 is 5.32 Å². The first kappa shape index (κ1) is 22.0. The highest BCUT2D eigenvalue weighted by Crippen LogP contribution is 2.12. The Labute approximate surface area is 159 Å². The summed E-state index contributed by atoms with van der Waals surface area (Å²) in [7, 11) is 1.63. The summed E-state index contributed by atoms with van der Waals surface area (Å²) in [5.74, 6) is 0.0379. The molecule has 1 aromatic carbocycles. The molecule has 26 heavy (non-hydrogen) atoms. The lowest BCUT2D eigenvalue weighted by atomic mass is 10.1. The van der Waals surface area contributed by atoms with Crippen molar-refractivity contribution in [2.24, 2.45) is 0 Å². The highest BCUT2D eigenvalue weighted by Gasteiger charge is 2.27. The van der Waals surface area contributed by atoms with E-state index >= 15 is 0 Å². The van der Waals surface area contributed by atoms with E-state index in [1.165, 1.54) is 11.8 Å². The normalized spacial score (nSPS) is 12.2. The first-order valence-corrected chi connectivity index (χ1v) is 9.49. The molecule has 6 nitrogen and oxygen atoms in total. The summed E-state index contributed by atoms with van der Waals surface area (Å²) in [4.78, 5) is 37.4. The largest absolute Gasteiger partial charge is 0.458 e. The Balaban J connectivity index is 2.75. The Morgan fingerprint density at radius 1 is 1.19 bits per heavy atom. The predicted octanol–water partition coefficient (Wildman–Crippen LogP) is 2.86. The number of rotatable bonds is 7. The second-order valence-corrected chi connectivity index (χ2v) is 8.26. The van der Waals surface area contributed by atoms with Gasteiger partial charge >= 0.3 is 12.0 Å². The van der Waals surface area contributed by atoms with Gasteiger partial charge in [-0.15, -0.1) is 0 Å². The third-order valence-corrected chi connectivity index (χ3v) is 4.14. The second-order valence-electron chi connectivity index (χ2n) is 6.99. The Hall–Kier alpha value is -2.02. The summed E-state index contributed by atoms with van der Waals surface area (Å²) >= 11 is 1.16. The fourth-order valence-electron chi connectivity index (χ4n) is 2.10. The predicted molar refractivity (Wildman–Crippen MR) is 104 cm³/mol. The number of ether oxygens (including phenoxy) is 1. The third kappa shape index (κ3) is 8.89. The molecule has 0 saturated carbocycles. The van der Waals surface area contributed by atoms with Crippen molar-refractivity contribution in [2.75, 3.05) is 19.3 Å². The van der Waals surface area contributed by atoms with Crippen molar-refractivity contribution in [1.29, 1.82) is 0 Å². The number of hydrogen-bond donors (Lipinski definition) is 1. The van der Waals surface area contributed by atoms with Crippen molar-refractivity contribution in [2.45, 2.75) is 45.8 Å². The number of carbonyl (C=O) groups excluding carboxylic acids is 3. The van der Waals surface area contributed by atoms with Gasteiger partial charge in [0.05, 0.1) is 0 Å². The SMILES string of the molecule is CC(=O)SCCN(C)C(=O)NC(Cc1ccccc1)C(=O)OC(C)(C)C. The van der Waals surface area contributed by atoms with Crippen LogP contribution in [0.2, 0.25) is 0 Å². The van der Waals surface area contributed by atoms with Crippen LogP contribution in [-0.4, -0.2) is 53.0 Å². The molecule has 144 valence electrons. The molecule has 0 bridgehead atoms. The first-order chi connectivity index (χ1) is 12.1. The molecule has 0 saturated heterocycles. The van der Waals surface area contributed by atoms with Crippen molar-refractivity contribution in [3.63, 3.8) is 0 Å². The van der Waals surface area contributed by atoms with Crippen molar-refractivity contribution in [3.05, 3.63) is 35.9 Å². The van der Waals surface area contributed by atoms with Crippen LogP contribution in [0.5, 0.6) is 0 Å². The zero-order valence-corrected chi connectivity index (χ0v) is 16.9. The lowest BCUT2D eigenvalue weighted by Gasteiger charge is -2.26. The maximum atomic E-state index is 12.5. The topological polar surface area (TPSA) is 75.7 Å². The van der Waals surface area contributed by atoms with Gasteiger partial charge in [0.15, 0.2) is 5.12 Å². The molecule has 0 aliphatic carbocycles. The summed E-state index contributed by atoms with van der Waals surface area (Å²) in [5, 5.41) is 2.75. The minimum absolute atomic E-state index is 0.00881. The molecule has 0 aromatic heterocycles. The minimum Gasteiger partial charge on any atom is -0.458 e. The van der Waals surface area contributed by atoms with Gasteiger partial charge in [-0.2, -0.15) is 0 Å². The molecule has 0 heterocycles. The van der Waals surface area contributed by atoms with Gasteiger partial charge in [0.1, 0.15) is 11.6 Å². The highest BCUT2D eigenvalue weighted by molar-refractivity contribution is 8.13. The van der Waals surface area contributed by atoms with E-state index in [9.17, 15) is 14.4 Å². The van der Waals surface area contributed by atoms with Gasteiger partial charge in [-0.3, -0.25) is 4.79 Å². The Bertz CT molecular complexity index is 614. The van der Waals surface area contributed by atoms with Crippen LogP contribution in [0.25, 0.3) is 0 Å². The average molecular weight is 381 g/mol. The van der Waals surface area contributed by atoms with Gasteiger partial charge in [0.25, 0.3) is 0 Å². The van der Waals surface area contributed by atoms with Gasteiger partial charge < -0.3 is 15.0 Å².